The Kier molecular flexibility index (Phi) is 4.15. The molecule has 10 nitrogen and oxygen atoms in total. The number of fused-ring (bicyclic) bond motifs is 2. The minimum Gasteiger partial charge on any atom is -0.456 e. The lowest BCUT2D eigenvalue weighted by Crippen LogP contribution is -2.36. The molecule has 0 saturated heterocycles. The summed E-state index contributed by atoms with van der Waals surface area (Å²) >= 11 is 0. The molecule has 144 valence electrons. The summed E-state index contributed by atoms with van der Waals surface area (Å²) in [5.74, 6) is -0.846. The van der Waals surface area contributed by atoms with Gasteiger partial charge < -0.3 is 10.2 Å². The van der Waals surface area contributed by atoms with Crippen molar-refractivity contribution in [2.45, 2.75) is 19.5 Å². The van der Waals surface area contributed by atoms with E-state index in [2.05, 4.69) is 9.97 Å². The fraction of sp³-hybridized carbons (Fsp3) is 0.235. The highest BCUT2D eigenvalue weighted by Gasteiger charge is 2.24. The third-order valence-electron chi connectivity index (χ3n) is 4.65. The maximum Gasteiger partial charge on any atom is 0.315 e. The van der Waals surface area contributed by atoms with Crippen LogP contribution in [0.2, 0.25) is 0 Å². The highest BCUT2D eigenvalue weighted by molar-refractivity contribution is 5.85. The first kappa shape index (κ1) is 17.8. The SMILES string of the molecule is Nc1nc2c(c(=O)[nH]1)CN(Cc1coc3c([N+](=O)[O-])cc(F)cc3c1=O)CC2. The summed E-state index contributed by atoms with van der Waals surface area (Å²) in [4.78, 5) is 43.5. The van der Waals surface area contributed by atoms with Gasteiger partial charge in [-0.05, 0) is 6.07 Å². The van der Waals surface area contributed by atoms with E-state index in [-0.39, 0.29) is 41.1 Å². The summed E-state index contributed by atoms with van der Waals surface area (Å²) in [6, 6.07) is 1.62. The number of nitro benzene ring substituents is 1. The molecular weight excluding hydrogens is 373 g/mol. The van der Waals surface area contributed by atoms with E-state index < -0.39 is 21.9 Å². The number of nitro groups is 1. The fourth-order valence-electron chi connectivity index (χ4n) is 3.35. The maximum atomic E-state index is 13.7. The van der Waals surface area contributed by atoms with Gasteiger partial charge in [0, 0.05) is 31.6 Å². The van der Waals surface area contributed by atoms with Gasteiger partial charge in [0.25, 0.3) is 5.56 Å². The van der Waals surface area contributed by atoms with Crippen molar-refractivity contribution in [3.8, 4) is 0 Å². The highest BCUT2D eigenvalue weighted by Crippen LogP contribution is 2.26. The van der Waals surface area contributed by atoms with Crippen molar-refractivity contribution in [2.24, 2.45) is 0 Å². The zero-order valence-corrected chi connectivity index (χ0v) is 14.4. The number of benzene rings is 1. The number of halogens is 1. The molecule has 0 fully saturated rings. The van der Waals surface area contributed by atoms with Crippen molar-refractivity contribution in [2.75, 3.05) is 12.3 Å². The minimum atomic E-state index is -0.897. The molecule has 28 heavy (non-hydrogen) atoms. The van der Waals surface area contributed by atoms with Crippen molar-refractivity contribution in [1.29, 1.82) is 0 Å². The minimum absolute atomic E-state index is 0.0518. The van der Waals surface area contributed by atoms with E-state index in [0.717, 1.165) is 12.3 Å². The number of rotatable bonds is 3. The second-order valence-corrected chi connectivity index (χ2v) is 6.49. The van der Waals surface area contributed by atoms with Crippen molar-refractivity contribution < 1.29 is 13.7 Å². The average molecular weight is 387 g/mol. The Balaban J connectivity index is 1.69. The number of nitrogens with zero attached hydrogens (tertiary/aromatic N) is 3. The lowest BCUT2D eigenvalue weighted by molar-refractivity contribution is -0.383. The highest BCUT2D eigenvalue weighted by atomic mass is 19.1. The first-order valence-corrected chi connectivity index (χ1v) is 8.31. The van der Waals surface area contributed by atoms with Gasteiger partial charge in [-0.2, -0.15) is 0 Å². The number of nitrogens with two attached hydrogens (primary N) is 1. The Morgan fingerprint density at radius 3 is 2.93 bits per heavy atom. The van der Waals surface area contributed by atoms with Gasteiger partial charge >= 0.3 is 5.69 Å². The largest absolute Gasteiger partial charge is 0.456 e. The third-order valence-corrected chi connectivity index (χ3v) is 4.65. The molecule has 3 aromatic rings. The topological polar surface area (TPSA) is 148 Å². The molecule has 0 bridgehead atoms. The van der Waals surface area contributed by atoms with Crippen molar-refractivity contribution in [1.82, 2.24) is 14.9 Å². The Labute approximate surface area is 155 Å². The first-order chi connectivity index (χ1) is 13.3. The molecule has 0 saturated carbocycles. The van der Waals surface area contributed by atoms with Crippen molar-refractivity contribution in [3.63, 3.8) is 0 Å². The zero-order chi connectivity index (χ0) is 20.0. The van der Waals surface area contributed by atoms with Gasteiger partial charge in [-0.15, -0.1) is 0 Å². The molecule has 0 unspecified atom stereocenters. The quantitative estimate of drug-likeness (QED) is 0.501. The van der Waals surface area contributed by atoms with E-state index in [1.54, 1.807) is 0 Å². The van der Waals surface area contributed by atoms with E-state index in [9.17, 15) is 24.1 Å². The lowest BCUT2D eigenvalue weighted by Gasteiger charge is -2.27. The molecule has 0 amide bonds. The molecule has 0 radical (unpaired) electrons. The number of aromatic nitrogens is 2. The molecule has 2 aromatic heterocycles. The second kappa shape index (κ2) is 6.53. The molecule has 0 aliphatic carbocycles. The molecule has 0 spiro atoms. The van der Waals surface area contributed by atoms with Crippen LogP contribution in [-0.2, 0) is 19.5 Å². The zero-order valence-electron chi connectivity index (χ0n) is 14.4. The molecule has 1 aliphatic rings. The molecule has 3 N–H and O–H groups in total. The predicted octanol–water partition coefficient (Wildman–Crippen LogP) is 1.06. The van der Waals surface area contributed by atoms with E-state index in [1.165, 1.54) is 0 Å². The predicted molar refractivity (Wildman–Crippen MR) is 96.2 cm³/mol. The number of aromatic amines is 1. The number of hydrogen-bond acceptors (Lipinski definition) is 8. The number of nitrogens with one attached hydrogen (secondary N) is 1. The fourth-order valence-corrected chi connectivity index (χ4v) is 3.35. The Morgan fingerprint density at radius 2 is 2.18 bits per heavy atom. The number of non-ortho nitro benzene ring substituents is 1. The van der Waals surface area contributed by atoms with Crippen LogP contribution in [0.5, 0.6) is 0 Å². The normalized spacial score (nSPS) is 14.2. The molecular formula is C17H14FN5O5. The molecule has 1 aliphatic heterocycles. The van der Waals surface area contributed by atoms with Crippen LogP contribution >= 0.6 is 0 Å². The van der Waals surface area contributed by atoms with Gasteiger partial charge in [-0.3, -0.25) is 29.6 Å². The number of H-pyrrole nitrogens is 1. The van der Waals surface area contributed by atoms with Gasteiger partial charge in [0.15, 0.2) is 5.43 Å². The summed E-state index contributed by atoms with van der Waals surface area (Å²) in [6.45, 7) is 0.897. The van der Waals surface area contributed by atoms with Gasteiger partial charge in [-0.1, -0.05) is 0 Å². The van der Waals surface area contributed by atoms with E-state index in [4.69, 9.17) is 10.2 Å². The maximum absolute atomic E-state index is 13.7. The summed E-state index contributed by atoms with van der Waals surface area (Å²) < 4.78 is 19.0. The summed E-state index contributed by atoms with van der Waals surface area (Å²) in [5, 5.41) is 10.9. The molecule has 11 heteroatoms. The van der Waals surface area contributed by atoms with Crippen LogP contribution in [0.3, 0.4) is 0 Å². The molecule has 4 rings (SSSR count). The van der Waals surface area contributed by atoms with Crippen LogP contribution in [0.15, 0.2) is 32.4 Å². The summed E-state index contributed by atoms with van der Waals surface area (Å²) in [5.41, 5.74) is 5.05. The van der Waals surface area contributed by atoms with Crippen LogP contribution in [0.25, 0.3) is 11.0 Å². The summed E-state index contributed by atoms with van der Waals surface area (Å²) in [7, 11) is 0. The molecule has 1 aromatic carbocycles. The van der Waals surface area contributed by atoms with E-state index in [0.29, 0.717) is 30.3 Å². The van der Waals surface area contributed by atoms with Crippen LogP contribution in [-0.4, -0.2) is 26.3 Å². The smallest absolute Gasteiger partial charge is 0.315 e. The number of anilines is 1. The second-order valence-electron chi connectivity index (χ2n) is 6.49. The number of hydrogen-bond donors (Lipinski definition) is 2. The summed E-state index contributed by atoms with van der Waals surface area (Å²) in [6.07, 6.45) is 1.61. The van der Waals surface area contributed by atoms with Gasteiger partial charge in [0.05, 0.1) is 33.9 Å². The van der Waals surface area contributed by atoms with Crippen LogP contribution in [0.1, 0.15) is 16.8 Å². The molecule has 3 heterocycles. The Bertz CT molecular complexity index is 1240. The van der Waals surface area contributed by atoms with E-state index in [1.807, 2.05) is 4.90 Å². The van der Waals surface area contributed by atoms with Crippen LogP contribution in [0.4, 0.5) is 16.0 Å². The van der Waals surface area contributed by atoms with Crippen LogP contribution in [0, 0.1) is 15.9 Å². The van der Waals surface area contributed by atoms with Gasteiger partial charge in [-0.25, -0.2) is 9.37 Å². The van der Waals surface area contributed by atoms with Gasteiger partial charge in [0.1, 0.15) is 5.82 Å². The van der Waals surface area contributed by atoms with E-state index >= 15 is 0 Å². The first-order valence-electron chi connectivity index (χ1n) is 8.31. The molecule has 0 atom stereocenters. The average Bonchev–Trinajstić information content (AvgIpc) is 2.64. The standard InChI is InChI=1S/C17H14FN5O5/c18-9-3-10-14(24)8(7-28-15(10)13(4-9)23(26)27)5-22-2-1-12-11(6-22)16(25)21-17(19)20-12/h3-4,7H,1-2,5-6H2,(H3,19,20,21,25). The van der Waals surface area contributed by atoms with Crippen molar-refractivity contribution >= 4 is 22.6 Å². The lowest BCUT2D eigenvalue weighted by atomic mass is 10.1. The number of nitrogen functional groups attached to an aromatic ring is 1. The third kappa shape index (κ3) is 3.01. The monoisotopic (exact) mass is 387 g/mol. The Morgan fingerprint density at radius 1 is 1.39 bits per heavy atom. The van der Waals surface area contributed by atoms with Crippen LogP contribution < -0.4 is 16.7 Å². The Hall–Kier alpha value is -3.60. The van der Waals surface area contributed by atoms with Gasteiger partial charge in [0.2, 0.25) is 11.5 Å². The van der Waals surface area contributed by atoms with Crippen molar-refractivity contribution in [3.05, 3.63) is 71.7 Å².